The summed E-state index contributed by atoms with van der Waals surface area (Å²) in [6, 6.07) is 35.1. The monoisotopic (exact) mass is 672 g/mol. The van der Waals surface area contributed by atoms with Gasteiger partial charge in [0.1, 0.15) is 0 Å². The van der Waals surface area contributed by atoms with Gasteiger partial charge in [0.15, 0.2) is 0 Å². The van der Waals surface area contributed by atoms with Crippen LogP contribution in [-0.2, 0) is 0 Å². The molecule has 0 atom stereocenters. The van der Waals surface area contributed by atoms with E-state index in [-0.39, 0.29) is 0 Å². The Morgan fingerprint density at radius 1 is 0.380 bits per heavy atom. The molecule has 0 heterocycles. The fourth-order valence-electron chi connectivity index (χ4n) is 6.87. The third kappa shape index (κ3) is 9.39. The van der Waals surface area contributed by atoms with E-state index < -0.39 is 6.10 Å². The van der Waals surface area contributed by atoms with Crippen molar-refractivity contribution in [3.63, 3.8) is 0 Å². The molecule has 4 aromatic carbocycles. The second kappa shape index (κ2) is 19.1. The van der Waals surface area contributed by atoms with E-state index in [1.54, 1.807) is 0 Å². The molecule has 266 valence electrons. The molecule has 0 aromatic heterocycles. The first kappa shape index (κ1) is 38.3. The Balaban J connectivity index is 1.83. The van der Waals surface area contributed by atoms with Crippen LogP contribution in [0.15, 0.2) is 109 Å². The lowest BCUT2D eigenvalue weighted by Gasteiger charge is -2.23. The Morgan fingerprint density at radius 3 is 0.720 bits per heavy atom. The molecule has 1 N–H and O–H groups in total. The molecule has 0 aliphatic rings. The number of aliphatic hydroxyl groups excluding tert-OH is 1. The average Bonchev–Trinajstić information content (AvgIpc) is 3.16. The molecular weight excluding hydrogens is 613 g/mol. The van der Waals surface area contributed by atoms with E-state index in [0.717, 1.165) is 85.8 Å². The minimum absolute atomic E-state index is 0.824. The number of hydrogen-bond donors (Lipinski definition) is 1. The van der Waals surface area contributed by atoms with Crippen molar-refractivity contribution in [2.45, 2.75) is 61.5 Å². The van der Waals surface area contributed by atoms with Gasteiger partial charge in [-0.3, -0.25) is 0 Å². The molecule has 0 aliphatic carbocycles. The van der Waals surface area contributed by atoms with Gasteiger partial charge in [-0.25, -0.2) is 0 Å². The van der Waals surface area contributed by atoms with Crippen molar-refractivity contribution in [1.82, 2.24) is 0 Å². The zero-order valence-electron chi connectivity index (χ0n) is 31.9. The van der Waals surface area contributed by atoms with Crippen LogP contribution in [-0.4, -0.2) is 63.6 Å². The largest absolute Gasteiger partial charge is 0.385 e. The summed E-state index contributed by atoms with van der Waals surface area (Å²) in [4.78, 5) is 9.42. The van der Waals surface area contributed by atoms with Crippen molar-refractivity contribution in [3.8, 4) is 0 Å². The number of hydrogen-bond acceptors (Lipinski definition) is 5. The summed E-state index contributed by atoms with van der Waals surface area (Å²) in [6.07, 6.45) is 3.19. The molecule has 0 aliphatic heterocycles. The van der Waals surface area contributed by atoms with Crippen LogP contribution in [0, 0.1) is 0 Å². The number of anilines is 4. The Labute approximate surface area is 303 Å². The number of benzene rings is 4. The van der Waals surface area contributed by atoms with Gasteiger partial charge in [0.2, 0.25) is 0 Å². The van der Waals surface area contributed by atoms with E-state index in [2.05, 4.69) is 172 Å². The minimum Gasteiger partial charge on any atom is -0.385 e. The maximum absolute atomic E-state index is 11.9. The normalized spacial score (nSPS) is 10.9. The van der Waals surface area contributed by atoms with Gasteiger partial charge in [-0.2, -0.15) is 0 Å². The number of rotatable bonds is 18. The minimum atomic E-state index is -0.824. The van der Waals surface area contributed by atoms with Gasteiger partial charge >= 0.3 is 0 Å². The Kier molecular flexibility index (Phi) is 14.6. The van der Waals surface area contributed by atoms with Crippen LogP contribution < -0.4 is 19.6 Å². The molecule has 0 spiro atoms. The lowest BCUT2D eigenvalue weighted by Crippen LogP contribution is -2.21. The molecule has 5 nitrogen and oxygen atoms in total. The summed E-state index contributed by atoms with van der Waals surface area (Å²) in [7, 11) is 0. The smallest absolute Gasteiger partial charge is 0.0920 e. The van der Waals surface area contributed by atoms with Gasteiger partial charge in [-0.05, 0) is 149 Å². The van der Waals surface area contributed by atoms with E-state index in [1.807, 2.05) is 12.2 Å². The third-order valence-electron chi connectivity index (χ3n) is 9.90. The van der Waals surface area contributed by atoms with Gasteiger partial charge in [0.25, 0.3) is 0 Å². The molecule has 50 heavy (non-hydrogen) atoms. The second-order valence-electron chi connectivity index (χ2n) is 12.5. The predicted octanol–water partition coefficient (Wildman–Crippen LogP) is 10.00. The van der Waals surface area contributed by atoms with Crippen LogP contribution in [0.5, 0.6) is 0 Å². The highest BCUT2D eigenvalue weighted by molar-refractivity contribution is 5.84. The molecule has 0 fully saturated rings. The van der Waals surface area contributed by atoms with E-state index in [4.69, 9.17) is 0 Å². The van der Waals surface area contributed by atoms with Crippen molar-refractivity contribution in [2.75, 3.05) is 72.0 Å². The van der Waals surface area contributed by atoms with E-state index >= 15 is 0 Å². The maximum Gasteiger partial charge on any atom is 0.0920 e. The first-order valence-electron chi connectivity index (χ1n) is 18.9. The van der Waals surface area contributed by atoms with Crippen LogP contribution in [0.25, 0.3) is 11.1 Å². The van der Waals surface area contributed by atoms with Gasteiger partial charge in [-0.15, -0.1) is 0 Å². The van der Waals surface area contributed by atoms with Crippen molar-refractivity contribution in [3.05, 3.63) is 131 Å². The second-order valence-corrected chi connectivity index (χ2v) is 12.5. The highest BCUT2D eigenvalue weighted by Gasteiger charge is 2.14. The zero-order valence-corrected chi connectivity index (χ0v) is 31.9. The lowest BCUT2D eigenvalue weighted by molar-refractivity contribution is 0.272. The molecule has 4 rings (SSSR count). The number of nitrogens with zero attached hydrogens (tertiary/aromatic N) is 4. The average molecular weight is 673 g/mol. The van der Waals surface area contributed by atoms with Crippen LogP contribution >= 0.6 is 0 Å². The number of aliphatic hydroxyl groups is 1. The summed E-state index contributed by atoms with van der Waals surface area (Å²) < 4.78 is 0. The molecule has 0 bridgehead atoms. The van der Waals surface area contributed by atoms with Crippen molar-refractivity contribution < 1.29 is 5.11 Å². The Hall–Kier alpha value is -4.48. The zero-order chi connectivity index (χ0) is 36.0. The van der Waals surface area contributed by atoms with Crippen molar-refractivity contribution >= 4 is 33.9 Å². The predicted molar refractivity (Wildman–Crippen MR) is 220 cm³/mol. The molecule has 0 amide bonds. The Bertz CT molecular complexity index is 1380. The first-order chi connectivity index (χ1) is 24.3. The van der Waals surface area contributed by atoms with E-state index in [1.165, 1.54) is 22.7 Å². The summed E-state index contributed by atoms with van der Waals surface area (Å²) in [5, 5.41) is 11.9. The quantitative estimate of drug-likeness (QED) is 0.114. The van der Waals surface area contributed by atoms with Gasteiger partial charge in [0, 0.05) is 75.1 Å². The first-order valence-corrected chi connectivity index (χ1v) is 18.9. The van der Waals surface area contributed by atoms with Gasteiger partial charge < -0.3 is 24.7 Å². The third-order valence-corrected chi connectivity index (χ3v) is 9.90. The molecular formula is C45H60N4O. The Morgan fingerprint density at radius 2 is 0.560 bits per heavy atom. The summed E-state index contributed by atoms with van der Waals surface area (Å²) in [5.74, 6) is 0. The van der Waals surface area contributed by atoms with Crippen LogP contribution in [0.3, 0.4) is 0 Å². The molecule has 5 heteroatoms. The topological polar surface area (TPSA) is 33.2 Å². The maximum atomic E-state index is 11.9. The fourth-order valence-corrected chi connectivity index (χ4v) is 6.87. The fraction of sp³-hybridized carbons (Fsp3) is 0.378. The highest BCUT2D eigenvalue weighted by atomic mass is 16.3. The SMILES string of the molecule is CCN(CC)c1ccc(C(=CC(O)C=C(c2ccc(N(CC)CC)cc2)c2ccc(N(CC)CC)cc2)c2ccc(N(CC)CC)cc2)cc1. The van der Waals surface area contributed by atoms with Gasteiger partial charge in [0.05, 0.1) is 6.10 Å². The van der Waals surface area contributed by atoms with E-state index in [9.17, 15) is 5.11 Å². The molecule has 0 unspecified atom stereocenters. The highest BCUT2D eigenvalue weighted by Crippen LogP contribution is 2.31. The standard InChI is InChI=1S/C45H60N4O/c1-9-46(10-2)39-25-17-35(18-26-39)44(36-19-27-40(28-20-36)47(11-3)12-4)33-43(50)34-45(37-21-29-41(30-22-37)48(13-5)14-6)38-23-31-42(32-24-38)49(15-7)16-8/h17-34,43,50H,9-16H2,1-8H3. The van der Waals surface area contributed by atoms with Crippen molar-refractivity contribution in [1.29, 1.82) is 0 Å². The van der Waals surface area contributed by atoms with E-state index in [0.29, 0.717) is 0 Å². The molecule has 0 radical (unpaired) electrons. The van der Waals surface area contributed by atoms with Crippen LogP contribution in [0.4, 0.5) is 22.7 Å². The molecule has 0 saturated carbocycles. The molecule has 0 saturated heterocycles. The van der Waals surface area contributed by atoms with Crippen molar-refractivity contribution in [2.24, 2.45) is 0 Å². The summed E-state index contributed by atoms with van der Waals surface area (Å²) in [6.45, 7) is 25.2. The summed E-state index contributed by atoms with van der Waals surface area (Å²) >= 11 is 0. The van der Waals surface area contributed by atoms with Crippen LogP contribution in [0.1, 0.15) is 77.6 Å². The lowest BCUT2D eigenvalue weighted by atomic mass is 9.93. The molecule has 4 aromatic rings. The summed E-state index contributed by atoms with van der Waals surface area (Å²) in [5.41, 5.74) is 11.2. The van der Waals surface area contributed by atoms with Crippen LogP contribution in [0.2, 0.25) is 0 Å². The van der Waals surface area contributed by atoms with Gasteiger partial charge in [-0.1, -0.05) is 48.5 Å².